The maximum absolute atomic E-state index is 11.7. The van der Waals surface area contributed by atoms with Gasteiger partial charge in [-0.15, -0.1) is 11.8 Å². The second kappa shape index (κ2) is 5.70. The Labute approximate surface area is 118 Å². The topological polar surface area (TPSA) is 81.4 Å². The fourth-order valence-electron chi connectivity index (χ4n) is 1.95. The van der Waals surface area contributed by atoms with E-state index in [-0.39, 0.29) is 11.0 Å². The molecular formula is C12H18N2O3S2. The maximum atomic E-state index is 11.7. The van der Waals surface area contributed by atoms with Crippen LogP contribution in [0.4, 0.5) is 5.69 Å². The third kappa shape index (κ3) is 3.22. The van der Waals surface area contributed by atoms with Gasteiger partial charge >= 0.3 is 0 Å². The third-order valence-corrected chi connectivity index (χ3v) is 6.10. The number of hydrogen-bond donors (Lipinski definition) is 2. The molecule has 7 heteroatoms. The SMILES string of the molecule is CNS(=O)(=O)c1ccc(SC2CCOC2C)c(N)c1. The molecule has 2 unspecified atom stereocenters. The van der Waals surface area contributed by atoms with Crippen LogP contribution in [-0.4, -0.2) is 33.4 Å². The second-order valence-corrected chi connectivity index (χ2v) is 7.60. The average Bonchev–Trinajstić information content (AvgIpc) is 2.77. The monoisotopic (exact) mass is 302 g/mol. The molecule has 0 amide bonds. The summed E-state index contributed by atoms with van der Waals surface area (Å²) in [4.78, 5) is 1.09. The molecule has 0 aromatic heterocycles. The van der Waals surface area contributed by atoms with Gasteiger partial charge in [0, 0.05) is 22.4 Å². The van der Waals surface area contributed by atoms with Crippen LogP contribution < -0.4 is 10.5 Å². The van der Waals surface area contributed by atoms with Crippen molar-refractivity contribution in [3.05, 3.63) is 18.2 Å². The molecule has 0 spiro atoms. The van der Waals surface area contributed by atoms with Crippen LogP contribution in [-0.2, 0) is 14.8 Å². The van der Waals surface area contributed by atoms with E-state index in [1.165, 1.54) is 13.1 Å². The van der Waals surface area contributed by atoms with Crippen molar-refractivity contribution >= 4 is 27.5 Å². The highest BCUT2D eigenvalue weighted by molar-refractivity contribution is 8.00. The Hall–Kier alpha value is -0.760. The maximum Gasteiger partial charge on any atom is 0.240 e. The molecule has 1 aromatic rings. The Morgan fingerprint density at radius 3 is 2.74 bits per heavy atom. The van der Waals surface area contributed by atoms with Crippen LogP contribution in [0, 0.1) is 0 Å². The first-order valence-electron chi connectivity index (χ1n) is 6.05. The lowest BCUT2D eigenvalue weighted by atomic mass is 10.3. The van der Waals surface area contributed by atoms with Crippen LogP contribution in [0.25, 0.3) is 0 Å². The van der Waals surface area contributed by atoms with Gasteiger partial charge < -0.3 is 10.5 Å². The molecule has 1 fully saturated rings. The number of ether oxygens (including phenoxy) is 1. The van der Waals surface area contributed by atoms with Crippen molar-refractivity contribution in [1.29, 1.82) is 0 Å². The van der Waals surface area contributed by atoms with Crippen LogP contribution >= 0.6 is 11.8 Å². The summed E-state index contributed by atoms with van der Waals surface area (Å²) in [6.07, 6.45) is 1.19. The Morgan fingerprint density at radius 2 is 2.21 bits per heavy atom. The predicted molar refractivity (Wildman–Crippen MR) is 76.8 cm³/mol. The minimum Gasteiger partial charge on any atom is -0.398 e. The predicted octanol–water partition coefficient (Wildman–Crippen LogP) is 1.45. The Balaban J connectivity index is 2.20. The van der Waals surface area contributed by atoms with Crippen molar-refractivity contribution in [2.45, 2.75) is 34.5 Å². The number of rotatable bonds is 4. The van der Waals surface area contributed by atoms with Gasteiger partial charge in [-0.1, -0.05) is 0 Å². The first-order valence-corrected chi connectivity index (χ1v) is 8.41. The normalized spacial score (nSPS) is 23.7. The van der Waals surface area contributed by atoms with E-state index in [2.05, 4.69) is 4.72 Å². The number of benzene rings is 1. The molecule has 1 aliphatic rings. The minimum atomic E-state index is -3.44. The molecule has 1 aliphatic heterocycles. The van der Waals surface area contributed by atoms with Crippen molar-refractivity contribution < 1.29 is 13.2 Å². The third-order valence-electron chi connectivity index (χ3n) is 3.15. The molecule has 0 bridgehead atoms. The first-order chi connectivity index (χ1) is 8.94. The van der Waals surface area contributed by atoms with Crippen molar-refractivity contribution in [3.8, 4) is 0 Å². The fourth-order valence-corrected chi connectivity index (χ4v) is 3.87. The van der Waals surface area contributed by atoms with Crippen LogP contribution in [0.5, 0.6) is 0 Å². The molecule has 19 heavy (non-hydrogen) atoms. The molecule has 2 atom stereocenters. The molecule has 0 aliphatic carbocycles. The van der Waals surface area contributed by atoms with E-state index >= 15 is 0 Å². The van der Waals surface area contributed by atoms with Crippen LogP contribution in [0.3, 0.4) is 0 Å². The largest absolute Gasteiger partial charge is 0.398 e. The van der Waals surface area contributed by atoms with Crippen molar-refractivity contribution in [2.75, 3.05) is 19.4 Å². The van der Waals surface area contributed by atoms with E-state index in [1.54, 1.807) is 23.9 Å². The van der Waals surface area contributed by atoms with Gasteiger partial charge in [-0.25, -0.2) is 13.1 Å². The van der Waals surface area contributed by atoms with Crippen molar-refractivity contribution in [1.82, 2.24) is 4.72 Å². The molecular weight excluding hydrogens is 284 g/mol. The lowest BCUT2D eigenvalue weighted by Crippen LogP contribution is -2.19. The van der Waals surface area contributed by atoms with E-state index in [0.717, 1.165) is 17.9 Å². The van der Waals surface area contributed by atoms with Gasteiger partial charge in [-0.3, -0.25) is 0 Å². The Bertz CT molecular complexity index is 560. The number of sulfonamides is 1. The van der Waals surface area contributed by atoms with Crippen LogP contribution in [0.2, 0.25) is 0 Å². The van der Waals surface area contributed by atoms with Gasteiger partial charge in [0.15, 0.2) is 0 Å². The second-order valence-electron chi connectivity index (χ2n) is 4.43. The quantitative estimate of drug-likeness (QED) is 0.823. The zero-order chi connectivity index (χ0) is 14.0. The number of nitrogen functional groups attached to an aromatic ring is 1. The molecule has 1 heterocycles. The molecule has 1 saturated heterocycles. The molecule has 1 aromatic carbocycles. The molecule has 0 radical (unpaired) electrons. The van der Waals surface area contributed by atoms with Crippen LogP contribution in [0.15, 0.2) is 28.0 Å². The Morgan fingerprint density at radius 1 is 1.47 bits per heavy atom. The molecule has 106 valence electrons. The van der Waals surface area contributed by atoms with Gasteiger partial charge in [0.05, 0.1) is 11.0 Å². The number of hydrogen-bond acceptors (Lipinski definition) is 5. The Kier molecular flexibility index (Phi) is 4.39. The molecule has 5 nitrogen and oxygen atoms in total. The summed E-state index contributed by atoms with van der Waals surface area (Å²) in [6.45, 7) is 2.81. The average molecular weight is 302 g/mol. The van der Waals surface area contributed by atoms with Gasteiger partial charge in [-0.2, -0.15) is 0 Å². The minimum absolute atomic E-state index is 0.188. The fraction of sp³-hybridized carbons (Fsp3) is 0.500. The van der Waals surface area contributed by atoms with E-state index in [9.17, 15) is 8.42 Å². The van der Waals surface area contributed by atoms with Gasteiger partial charge in [0.1, 0.15) is 0 Å². The summed E-state index contributed by atoms with van der Waals surface area (Å²) in [5, 5.41) is 0.369. The first kappa shape index (κ1) is 14.6. The van der Waals surface area contributed by atoms with Crippen LogP contribution in [0.1, 0.15) is 13.3 Å². The van der Waals surface area contributed by atoms with Crippen molar-refractivity contribution in [2.24, 2.45) is 0 Å². The zero-order valence-corrected chi connectivity index (χ0v) is 12.6. The highest BCUT2D eigenvalue weighted by Crippen LogP contribution is 2.36. The van der Waals surface area contributed by atoms with Gasteiger partial charge in [-0.05, 0) is 38.6 Å². The number of nitrogens with one attached hydrogen (secondary N) is 1. The highest BCUT2D eigenvalue weighted by Gasteiger charge is 2.26. The zero-order valence-electron chi connectivity index (χ0n) is 10.9. The highest BCUT2D eigenvalue weighted by atomic mass is 32.2. The van der Waals surface area contributed by atoms with E-state index in [4.69, 9.17) is 10.5 Å². The van der Waals surface area contributed by atoms with Gasteiger partial charge in [0.25, 0.3) is 0 Å². The smallest absolute Gasteiger partial charge is 0.240 e. The summed E-state index contributed by atoms with van der Waals surface area (Å²) < 4.78 is 31.1. The van der Waals surface area contributed by atoms with E-state index in [0.29, 0.717) is 10.9 Å². The molecule has 2 rings (SSSR count). The summed E-state index contributed by atoms with van der Waals surface area (Å²) in [7, 11) is -2.06. The van der Waals surface area contributed by atoms with E-state index < -0.39 is 10.0 Å². The van der Waals surface area contributed by atoms with Gasteiger partial charge in [0.2, 0.25) is 10.0 Å². The summed E-state index contributed by atoms with van der Waals surface area (Å²) in [5.74, 6) is 0. The molecule has 0 saturated carbocycles. The standard InChI is InChI=1S/C12H18N2O3S2/c1-8-11(5-6-17-8)18-12-4-3-9(7-10(12)13)19(15,16)14-2/h3-4,7-8,11,14H,5-6,13H2,1-2H3. The number of thioether (sulfide) groups is 1. The summed E-state index contributed by atoms with van der Waals surface area (Å²) in [6, 6.07) is 4.83. The van der Waals surface area contributed by atoms with E-state index in [1.807, 2.05) is 6.92 Å². The number of nitrogens with two attached hydrogens (primary N) is 1. The summed E-state index contributed by atoms with van der Waals surface area (Å²) >= 11 is 1.65. The van der Waals surface area contributed by atoms with Crippen molar-refractivity contribution in [3.63, 3.8) is 0 Å². The number of anilines is 1. The summed E-state index contributed by atoms with van der Waals surface area (Å²) in [5.41, 5.74) is 6.43. The lowest BCUT2D eigenvalue weighted by Gasteiger charge is -2.15. The lowest BCUT2D eigenvalue weighted by molar-refractivity contribution is 0.127. The molecule has 3 N–H and O–H groups in total.